The number of phenolic OH excluding ortho intramolecular Hbond substituents is 1. The minimum atomic E-state index is -0.858. The molecule has 8 heteroatoms. The molecule has 0 saturated carbocycles. The van der Waals surface area contributed by atoms with Crippen molar-refractivity contribution in [3.63, 3.8) is 0 Å². The molecule has 0 aliphatic carbocycles. The van der Waals surface area contributed by atoms with E-state index in [1.54, 1.807) is 62.4 Å². The first-order valence-corrected chi connectivity index (χ1v) is 10.4. The van der Waals surface area contributed by atoms with Crippen LogP contribution >= 0.6 is 11.3 Å². The number of rotatable bonds is 6. The van der Waals surface area contributed by atoms with Crippen LogP contribution in [0.25, 0.3) is 17.3 Å². The summed E-state index contributed by atoms with van der Waals surface area (Å²) in [4.78, 5) is 38.6. The number of nitrogens with zero attached hydrogens (tertiary/aromatic N) is 1. The van der Waals surface area contributed by atoms with Crippen molar-refractivity contribution in [2.75, 3.05) is 13.2 Å². The second-order valence-corrected chi connectivity index (χ2v) is 7.33. The third kappa shape index (κ3) is 4.92. The molecule has 0 unspecified atom stereocenters. The molecule has 31 heavy (non-hydrogen) atoms. The average Bonchev–Trinajstić information content (AvgIpc) is 3.06. The van der Waals surface area contributed by atoms with Crippen molar-refractivity contribution in [1.82, 2.24) is 4.57 Å². The number of para-hydroxylation sites is 1. The Kier molecular flexibility index (Phi) is 7.04. The zero-order valence-corrected chi connectivity index (χ0v) is 17.8. The fourth-order valence-corrected chi connectivity index (χ4v) is 3.98. The first-order chi connectivity index (χ1) is 15.0. The molecule has 0 aliphatic heterocycles. The Morgan fingerprint density at radius 1 is 0.968 bits per heavy atom. The number of benzene rings is 2. The van der Waals surface area contributed by atoms with Gasteiger partial charge >= 0.3 is 11.9 Å². The first-order valence-electron chi connectivity index (χ1n) is 9.62. The molecular weight excluding hydrogens is 418 g/mol. The molecule has 0 amide bonds. The SMILES string of the molecule is CCOC(=O)C(C(=O)OCC)=c1sc(=Cc2ccc(O)cc2)c(=O)n1-c1ccccc1. The van der Waals surface area contributed by atoms with Crippen LogP contribution in [0.2, 0.25) is 0 Å². The molecule has 0 fully saturated rings. The summed E-state index contributed by atoms with van der Waals surface area (Å²) in [6.07, 6.45) is 1.63. The molecular formula is C23H21NO6S. The van der Waals surface area contributed by atoms with Gasteiger partial charge in [0.05, 0.1) is 23.4 Å². The van der Waals surface area contributed by atoms with Crippen molar-refractivity contribution >= 4 is 34.9 Å². The molecule has 0 spiro atoms. The number of esters is 2. The Hall–Kier alpha value is -3.65. The molecule has 1 aromatic heterocycles. The van der Waals surface area contributed by atoms with Crippen LogP contribution in [-0.2, 0) is 19.1 Å². The van der Waals surface area contributed by atoms with Gasteiger partial charge in [-0.2, -0.15) is 0 Å². The number of hydrogen-bond acceptors (Lipinski definition) is 7. The van der Waals surface area contributed by atoms with Crippen LogP contribution in [0.3, 0.4) is 0 Å². The lowest BCUT2D eigenvalue weighted by Crippen LogP contribution is -2.33. The maximum atomic E-state index is 13.3. The average molecular weight is 439 g/mol. The van der Waals surface area contributed by atoms with E-state index in [-0.39, 0.29) is 29.2 Å². The third-order valence-electron chi connectivity index (χ3n) is 4.20. The third-order valence-corrected chi connectivity index (χ3v) is 5.29. The van der Waals surface area contributed by atoms with Crippen molar-refractivity contribution in [3.8, 4) is 11.4 Å². The van der Waals surface area contributed by atoms with Gasteiger partial charge in [-0.1, -0.05) is 30.3 Å². The number of phenols is 1. The number of hydrogen-bond donors (Lipinski definition) is 1. The first kappa shape index (κ1) is 22.0. The molecule has 7 nitrogen and oxygen atoms in total. The lowest BCUT2D eigenvalue weighted by molar-refractivity contribution is -0.142. The molecule has 160 valence electrons. The Labute approximate surface area is 182 Å². The van der Waals surface area contributed by atoms with Gasteiger partial charge in [-0.15, -0.1) is 11.3 Å². The fraction of sp³-hybridized carbons (Fsp3) is 0.174. The van der Waals surface area contributed by atoms with Gasteiger partial charge in [0.1, 0.15) is 10.4 Å². The Bertz CT molecular complexity index is 1240. The van der Waals surface area contributed by atoms with Crippen LogP contribution in [0.1, 0.15) is 19.4 Å². The van der Waals surface area contributed by atoms with E-state index in [0.717, 1.165) is 11.3 Å². The van der Waals surface area contributed by atoms with Gasteiger partial charge < -0.3 is 14.6 Å². The highest BCUT2D eigenvalue weighted by Gasteiger charge is 2.26. The molecule has 0 bridgehead atoms. The number of aromatic hydroxyl groups is 1. The summed E-state index contributed by atoms with van der Waals surface area (Å²) in [6, 6.07) is 15.0. The number of aromatic nitrogens is 1. The van der Waals surface area contributed by atoms with Gasteiger partial charge in [0.2, 0.25) is 0 Å². The summed E-state index contributed by atoms with van der Waals surface area (Å²) in [7, 11) is 0. The smallest absolute Gasteiger partial charge is 0.348 e. The topological polar surface area (TPSA) is 94.8 Å². The van der Waals surface area contributed by atoms with E-state index in [4.69, 9.17) is 9.47 Å². The van der Waals surface area contributed by atoms with Crippen molar-refractivity contribution in [1.29, 1.82) is 0 Å². The minimum Gasteiger partial charge on any atom is -0.508 e. The summed E-state index contributed by atoms with van der Waals surface area (Å²) in [5.41, 5.74) is 0.442. The van der Waals surface area contributed by atoms with E-state index in [0.29, 0.717) is 15.8 Å². The molecule has 3 aromatic rings. The Balaban J connectivity index is 2.40. The van der Waals surface area contributed by atoms with E-state index < -0.39 is 17.5 Å². The summed E-state index contributed by atoms with van der Waals surface area (Å²) < 4.78 is 11.9. The molecule has 1 heterocycles. The van der Waals surface area contributed by atoms with Gasteiger partial charge in [-0.05, 0) is 49.8 Å². The summed E-state index contributed by atoms with van der Waals surface area (Å²) in [6.45, 7) is 3.39. The quantitative estimate of drug-likeness (QED) is 0.464. The molecule has 1 N–H and O–H groups in total. The van der Waals surface area contributed by atoms with Crippen molar-refractivity contribution in [3.05, 3.63) is 79.7 Å². The summed E-state index contributed by atoms with van der Waals surface area (Å²) >= 11 is 0.990. The highest BCUT2D eigenvalue weighted by Crippen LogP contribution is 2.10. The monoisotopic (exact) mass is 439 g/mol. The zero-order chi connectivity index (χ0) is 22.4. The maximum Gasteiger partial charge on any atom is 0.348 e. The number of ether oxygens (including phenoxy) is 2. The van der Waals surface area contributed by atoms with Crippen LogP contribution < -0.4 is 14.8 Å². The Morgan fingerprint density at radius 3 is 2.10 bits per heavy atom. The minimum absolute atomic E-state index is 0.0647. The van der Waals surface area contributed by atoms with Gasteiger partial charge in [0.25, 0.3) is 5.56 Å². The largest absolute Gasteiger partial charge is 0.508 e. The van der Waals surface area contributed by atoms with Crippen LogP contribution in [0.4, 0.5) is 0 Å². The van der Waals surface area contributed by atoms with Crippen LogP contribution in [0.5, 0.6) is 5.75 Å². The predicted octanol–water partition coefficient (Wildman–Crippen LogP) is 1.71. The van der Waals surface area contributed by atoms with Gasteiger partial charge in [-0.3, -0.25) is 9.36 Å². The molecule has 0 atom stereocenters. The highest BCUT2D eigenvalue weighted by molar-refractivity contribution is 7.07. The lowest BCUT2D eigenvalue weighted by atomic mass is 10.2. The van der Waals surface area contributed by atoms with E-state index in [1.165, 1.54) is 16.7 Å². The van der Waals surface area contributed by atoms with Crippen molar-refractivity contribution in [2.45, 2.75) is 13.8 Å². The van der Waals surface area contributed by atoms with Gasteiger partial charge in [-0.25, -0.2) is 9.59 Å². The number of carbonyl (C=O) groups excluding carboxylic acids is 2. The van der Waals surface area contributed by atoms with E-state index >= 15 is 0 Å². The molecule has 3 rings (SSSR count). The van der Waals surface area contributed by atoms with Crippen LogP contribution in [0, 0.1) is 0 Å². The number of thiazole rings is 1. The normalized spacial score (nSPS) is 11.2. The van der Waals surface area contributed by atoms with Crippen LogP contribution in [-0.4, -0.2) is 34.8 Å². The highest BCUT2D eigenvalue weighted by atomic mass is 32.1. The van der Waals surface area contributed by atoms with E-state index in [1.807, 2.05) is 0 Å². The fourth-order valence-electron chi connectivity index (χ4n) is 2.85. The maximum absolute atomic E-state index is 13.3. The summed E-state index contributed by atoms with van der Waals surface area (Å²) in [5.74, 6) is -1.61. The van der Waals surface area contributed by atoms with Crippen molar-refractivity contribution < 1.29 is 24.2 Å². The predicted molar refractivity (Wildman–Crippen MR) is 118 cm³/mol. The summed E-state index contributed by atoms with van der Waals surface area (Å²) in [5, 5.41) is 9.49. The standard InChI is InChI=1S/C23H21NO6S/c1-3-29-22(27)19(23(28)30-4-2)21-24(16-8-6-5-7-9-16)20(26)18(31-21)14-15-10-12-17(25)13-11-15/h5-14,25H,3-4H2,1-2H3. The number of carbonyl (C=O) groups is 2. The zero-order valence-electron chi connectivity index (χ0n) is 17.0. The van der Waals surface area contributed by atoms with Crippen LogP contribution in [0.15, 0.2) is 59.4 Å². The van der Waals surface area contributed by atoms with E-state index in [9.17, 15) is 19.5 Å². The Morgan fingerprint density at radius 2 is 1.55 bits per heavy atom. The molecule has 2 aromatic carbocycles. The molecule has 0 radical (unpaired) electrons. The molecule has 0 saturated heterocycles. The lowest BCUT2D eigenvalue weighted by Gasteiger charge is -2.08. The van der Waals surface area contributed by atoms with Gasteiger partial charge in [0.15, 0.2) is 5.57 Å². The molecule has 0 aliphatic rings. The van der Waals surface area contributed by atoms with E-state index in [2.05, 4.69) is 0 Å². The second kappa shape index (κ2) is 9.90. The van der Waals surface area contributed by atoms with Gasteiger partial charge in [0, 0.05) is 0 Å². The van der Waals surface area contributed by atoms with Crippen molar-refractivity contribution in [2.24, 2.45) is 0 Å². The second-order valence-electron chi connectivity index (χ2n) is 6.30.